The van der Waals surface area contributed by atoms with Crippen LogP contribution in [0.2, 0.25) is 0 Å². The fourth-order valence-electron chi connectivity index (χ4n) is 4.72. The number of likely N-dealkylation sites (tertiary alicyclic amines) is 1. The van der Waals surface area contributed by atoms with Gasteiger partial charge in [0.2, 0.25) is 0 Å². The van der Waals surface area contributed by atoms with E-state index >= 15 is 0 Å². The molecule has 33 heavy (non-hydrogen) atoms. The van der Waals surface area contributed by atoms with Gasteiger partial charge < -0.3 is 9.64 Å². The SMILES string of the molecule is Cc1cc(-c2sc(NC(=O)N3CCC4(CCOC4)C3)nc2-c2cccc(C#N)c2)cc(C)n1. The van der Waals surface area contributed by atoms with Crippen molar-refractivity contribution in [1.82, 2.24) is 14.9 Å². The fourth-order valence-corrected chi connectivity index (χ4v) is 5.68. The second kappa shape index (κ2) is 8.58. The number of aromatic nitrogens is 2. The van der Waals surface area contributed by atoms with Crippen molar-refractivity contribution in [3.05, 3.63) is 53.3 Å². The van der Waals surface area contributed by atoms with E-state index in [2.05, 4.69) is 16.4 Å². The van der Waals surface area contributed by atoms with Crippen LogP contribution in [-0.4, -0.2) is 47.2 Å². The predicted octanol–water partition coefficient (Wildman–Crippen LogP) is 5.00. The van der Waals surface area contributed by atoms with Crippen molar-refractivity contribution in [2.45, 2.75) is 26.7 Å². The van der Waals surface area contributed by atoms with Gasteiger partial charge >= 0.3 is 6.03 Å². The summed E-state index contributed by atoms with van der Waals surface area (Å²) in [6, 6.07) is 13.5. The number of amides is 2. The van der Waals surface area contributed by atoms with Gasteiger partial charge in [-0.25, -0.2) is 9.78 Å². The van der Waals surface area contributed by atoms with Crippen LogP contribution < -0.4 is 5.32 Å². The van der Waals surface area contributed by atoms with Gasteiger partial charge in [0.25, 0.3) is 0 Å². The molecule has 1 unspecified atom stereocenters. The van der Waals surface area contributed by atoms with Gasteiger partial charge in [0.15, 0.2) is 5.13 Å². The van der Waals surface area contributed by atoms with Crippen LogP contribution in [0.1, 0.15) is 29.8 Å². The van der Waals surface area contributed by atoms with Crippen LogP contribution >= 0.6 is 11.3 Å². The van der Waals surface area contributed by atoms with Crippen molar-refractivity contribution >= 4 is 22.5 Å². The summed E-state index contributed by atoms with van der Waals surface area (Å²) < 4.78 is 5.59. The number of carbonyl (C=O) groups excluding carboxylic acids is 1. The Morgan fingerprint density at radius 3 is 2.73 bits per heavy atom. The zero-order valence-corrected chi connectivity index (χ0v) is 19.5. The maximum atomic E-state index is 13.0. The minimum atomic E-state index is -0.126. The molecule has 2 aliphatic rings. The molecule has 2 aromatic heterocycles. The van der Waals surface area contributed by atoms with Crippen LogP contribution in [0.4, 0.5) is 9.93 Å². The third kappa shape index (κ3) is 4.34. The van der Waals surface area contributed by atoms with Crippen molar-refractivity contribution < 1.29 is 9.53 Å². The lowest BCUT2D eigenvalue weighted by Gasteiger charge is -2.21. The summed E-state index contributed by atoms with van der Waals surface area (Å²) in [5.74, 6) is 0. The Morgan fingerprint density at radius 1 is 1.18 bits per heavy atom. The Hall–Kier alpha value is -3.28. The highest BCUT2D eigenvalue weighted by atomic mass is 32.1. The molecule has 2 amide bonds. The van der Waals surface area contributed by atoms with E-state index in [9.17, 15) is 10.1 Å². The van der Waals surface area contributed by atoms with E-state index < -0.39 is 0 Å². The largest absolute Gasteiger partial charge is 0.381 e. The second-order valence-corrected chi connectivity index (χ2v) is 9.93. The lowest BCUT2D eigenvalue weighted by molar-refractivity contribution is 0.154. The first-order valence-corrected chi connectivity index (χ1v) is 11.9. The van der Waals surface area contributed by atoms with Gasteiger partial charge in [-0.3, -0.25) is 10.3 Å². The van der Waals surface area contributed by atoms with Gasteiger partial charge in [-0.2, -0.15) is 5.26 Å². The summed E-state index contributed by atoms with van der Waals surface area (Å²) in [5.41, 5.74) is 5.11. The number of thiazole rings is 1. The Kier molecular flexibility index (Phi) is 5.60. The normalized spacial score (nSPS) is 19.7. The molecule has 7 nitrogen and oxygen atoms in total. The van der Waals surface area contributed by atoms with E-state index in [1.807, 2.05) is 49.1 Å². The van der Waals surface area contributed by atoms with Crippen molar-refractivity contribution in [2.75, 3.05) is 31.6 Å². The van der Waals surface area contributed by atoms with Crippen molar-refractivity contribution in [1.29, 1.82) is 5.26 Å². The van der Waals surface area contributed by atoms with Crippen LogP contribution in [0.5, 0.6) is 0 Å². The molecule has 3 aromatic rings. The zero-order chi connectivity index (χ0) is 23.0. The molecule has 1 spiro atoms. The molecular formula is C25H25N5O2S. The van der Waals surface area contributed by atoms with Crippen LogP contribution in [0.25, 0.3) is 21.7 Å². The maximum absolute atomic E-state index is 13.0. The summed E-state index contributed by atoms with van der Waals surface area (Å²) >= 11 is 1.44. The molecule has 1 aromatic carbocycles. The lowest BCUT2D eigenvalue weighted by Crippen LogP contribution is -2.35. The minimum absolute atomic E-state index is 0.111. The molecular weight excluding hydrogens is 434 g/mol. The van der Waals surface area contributed by atoms with Crippen molar-refractivity contribution in [3.8, 4) is 27.8 Å². The standard InChI is InChI=1S/C25H25N5O2S/c1-16-10-20(11-17(2)27-16)22-21(19-5-3-4-18(12-19)13-26)28-23(33-22)29-24(31)30-8-6-25(14-30)7-9-32-15-25/h3-5,10-12H,6-9,14-15H2,1-2H3,(H,28,29,31). The third-order valence-electron chi connectivity index (χ3n) is 6.36. The summed E-state index contributed by atoms with van der Waals surface area (Å²) in [6.07, 6.45) is 1.99. The van der Waals surface area contributed by atoms with E-state index in [4.69, 9.17) is 9.72 Å². The number of aryl methyl sites for hydroxylation is 2. The Balaban J connectivity index is 1.47. The van der Waals surface area contributed by atoms with Crippen LogP contribution in [-0.2, 0) is 4.74 Å². The monoisotopic (exact) mass is 459 g/mol. The van der Waals surface area contributed by atoms with Gasteiger partial charge in [-0.1, -0.05) is 23.5 Å². The van der Waals surface area contributed by atoms with Gasteiger partial charge in [-0.05, 0) is 56.5 Å². The molecule has 1 N–H and O–H groups in total. The quantitative estimate of drug-likeness (QED) is 0.595. The molecule has 2 fully saturated rings. The number of nitrogens with zero attached hydrogens (tertiary/aromatic N) is 4. The number of hydrogen-bond donors (Lipinski definition) is 1. The Bertz CT molecular complexity index is 1240. The maximum Gasteiger partial charge on any atom is 0.323 e. The highest BCUT2D eigenvalue weighted by molar-refractivity contribution is 7.19. The van der Waals surface area contributed by atoms with E-state index in [0.717, 1.165) is 72.2 Å². The molecule has 8 heteroatoms. The number of ether oxygens (including phenoxy) is 1. The number of rotatable bonds is 3. The van der Waals surface area contributed by atoms with E-state index in [1.165, 1.54) is 11.3 Å². The van der Waals surface area contributed by atoms with E-state index in [-0.39, 0.29) is 11.4 Å². The van der Waals surface area contributed by atoms with Gasteiger partial charge in [-0.15, -0.1) is 0 Å². The molecule has 4 heterocycles. The first kappa shape index (κ1) is 21.6. The molecule has 168 valence electrons. The van der Waals surface area contributed by atoms with Gasteiger partial charge in [0, 0.05) is 42.1 Å². The van der Waals surface area contributed by atoms with Crippen LogP contribution in [0.3, 0.4) is 0 Å². The molecule has 5 rings (SSSR count). The smallest absolute Gasteiger partial charge is 0.323 e. The number of pyridine rings is 1. The number of nitrogens with one attached hydrogen (secondary N) is 1. The molecule has 0 saturated carbocycles. The third-order valence-corrected chi connectivity index (χ3v) is 7.38. The van der Waals surface area contributed by atoms with Crippen LogP contribution in [0.15, 0.2) is 36.4 Å². The minimum Gasteiger partial charge on any atom is -0.381 e. The number of benzene rings is 1. The van der Waals surface area contributed by atoms with E-state index in [1.54, 1.807) is 6.07 Å². The number of hydrogen-bond acceptors (Lipinski definition) is 6. The molecule has 1 atom stereocenters. The topological polar surface area (TPSA) is 91.1 Å². The number of nitriles is 1. The summed E-state index contributed by atoms with van der Waals surface area (Å²) in [4.78, 5) is 25.1. The average molecular weight is 460 g/mol. The first-order chi connectivity index (χ1) is 15.9. The first-order valence-electron chi connectivity index (χ1n) is 11.1. The highest BCUT2D eigenvalue weighted by Crippen LogP contribution is 2.41. The lowest BCUT2D eigenvalue weighted by atomic mass is 9.87. The zero-order valence-electron chi connectivity index (χ0n) is 18.7. The number of carbonyl (C=O) groups is 1. The van der Waals surface area contributed by atoms with Crippen molar-refractivity contribution in [3.63, 3.8) is 0 Å². The van der Waals surface area contributed by atoms with Crippen LogP contribution in [0, 0.1) is 30.6 Å². The van der Waals surface area contributed by atoms with Gasteiger partial charge in [0.1, 0.15) is 0 Å². The summed E-state index contributed by atoms with van der Waals surface area (Å²) in [5, 5.41) is 12.9. The molecule has 2 aliphatic heterocycles. The number of urea groups is 1. The summed E-state index contributed by atoms with van der Waals surface area (Å²) in [7, 11) is 0. The van der Waals surface area contributed by atoms with Crippen molar-refractivity contribution in [2.24, 2.45) is 5.41 Å². The molecule has 0 radical (unpaired) electrons. The number of anilines is 1. The second-order valence-electron chi connectivity index (χ2n) is 8.93. The molecule has 0 aliphatic carbocycles. The van der Waals surface area contributed by atoms with E-state index in [0.29, 0.717) is 10.7 Å². The average Bonchev–Trinajstić information content (AvgIpc) is 3.54. The van der Waals surface area contributed by atoms with Gasteiger partial charge in [0.05, 0.1) is 28.8 Å². The Labute approximate surface area is 197 Å². The molecule has 0 bridgehead atoms. The predicted molar refractivity (Wildman–Crippen MR) is 128 cm³/mol. The Morgan fingerprint density at radius 2 is 2.00 bits per heavy atom. The fraction of sp³-hybridized carbons (Fsp3) is 0.360. The summed E-state index contributed by atoms with van der Waals surface area (Å²) in [6.45, 7) is 6.89. The molecule has 2 saturated heterocycles. The highest BCUT2D eigenvalue weighted by Gasteiger charge is 2.42.